The second-order valence-electron chi connectivity index (χ2n) is 10.2. The molecular formula is C30H45NO8. The summed E-state index contributed by atoms with van der Waals surface area (Å²) in [7, 11) is 2.49. The maximum Gasteiger partial charge on any atom is 0.355 e. The van der Waals surface area contributed by atoms with Crippen molar-refractivity contribution in [2.45, 2.75) is 85.1 Å². The first-order valence-corrected chi connectivity index (χ1v) is 12.7. The van der Waals surface area contributed by atoms with Gasteiger partial charge in [-0.3, -0.25) is 0 Å². The van der Waals surface area contributed by atoms with Gasteiger partial charge in [-0.05, 0) is 43.5 Å². The molecule has 0 bridgehead atoms. The van der Waals surface area contributed by atoms with Gasteiger partial charge in [0.05, 0.1) is 12.2 Å². The van der Waals surface area contributed by atoms with Crippen LogP contribution in [-0.2, 0) is 23.7 Å². The van der Waals surface area contributed by atoms with Crippen LogP contribution in [-0.4, -0.2) is 77.5 Å². The van der Waals surface area contributed by atoms with Crippen LogP contribution >= 0.6 is 0 Å². The fourth-order valence-corrected chi connectivity index (χ4v) is 6.28. The summed E-state index contributed by atoms with van der Waals surface area (Å²) in [5.74, 6) is -1.36. The molecule has 1 aromatic heterocycles. The Bertz CT molecular complexity index is 1100. The van der Waals surface area contributed by atoms with E-state index in [2.05, 4.69) is 4.98 Å². The highest BCUT2D eigenvalue weighted by Crippen LogP contribution is 2.61. The predicted octanol–water partition coefficient (Wildman–Crippen LogP) is 3.98. The fourth-order valence-electron chi connectivity index (χ4n) is 6.28. The van der Waals surface area contributed by atoms with Crippen molar-refractivity contribution in [3.63, 3.8) is 0 Å². The number of aliphatic hydroxyl groups is 2. The zero-order chi connectivity index (χ0) is 27.1. The Kier molecular flexibility index (Phi) is 10.5. The smallest absolute Gasteiger partial charge is 0.355 e. The van der Waals surface area contributed by atoms with Crippen LogP contribution in [0.25, 0.3) is 0 Å². The summed E-state index contributed by atoms with van der Waals surface area (Å²) in [6, 6.07) is 3.45. The number of carbonyl (C=O) groups excluding carboxylic acids is 2. The minimum absolute atomic E-state index is 0. The van der Waals surface area contributed by atoms with Gasteiger partial charge in [-0.1, -0.05) is 46.9 Å². The molecule has 1 fully saturated rings. The lowest BCUT2D eigenvalue weighted by molar-refractivity contribution is -0.179. The highest BCUT2D eigenvalue weighted by Gasteiger charge is 2.65. The number of cyclic esters (lactones) is 1. The number of hydrogen-bond donors (Lipinski definition) is 3. The van der Waals surface area contributed by atoms with Gasteiger partial charge in [0.15, 0.2) is 6.10 Å². The molecule has 6 unspecified atom stereocenters. The Hall–Kier alpha value is -2.72. The molecule has 2 aliphatic carbocycles. The van der Waals surface area contributed by atoms with Gasteiger partial charge in [-0.2, -0.15) is 0 Å². The third-order valence-electron chi connectivity index (χ3n) is 8.01. The summed E-state index contributed by atoms with van der Waals surface area (Å²) >= 11 is 0. The van der Waals surface area contributed by atoms with Crippen LogP contribution in [0.4, 0.5) is 0 Å². The van der Waals surface area contributed by atoms with Crippen molar-refractivity contribution >= 4 is 11.9 Å². The highest BCUT2D eigenvalue weighted by molar-refractivity contribution is 5.87. The Morgan fingerprint density at radius 1 is 1.26 bits per heavy atom. The molecule has 0 saturated carbocycles. The van der Waals surface area contributed by atoms with Gasteiger partial charge in [0.25, 0.3) is 0 Å². The van der Waals surface area contributed by atoms with Crippen molar-refractivity contribution in [1.29, 1.82) is 0 Å². The number of methoxy groups -OCH3 is 1. The van der Waals surface area contributed by atoms with E-state index < -0.39 is 42.0 Å². The standard InChI is InChI=1S/C27H33NO7.CH4O.2CH4/c1-13-11-14(2)27-17(12-20(32-5)26(31)33-22(13)16(4)29)8-9-18-21(27)24(35-27)15(3)23(18)34-25(30)19-7-6-10-28-19;1-2;;/h6-11,13,15-17,20,22-24,28-29H,12H2,1-5H3;2H,1H3;2*1H4/b14-11+;;;/t13?,15-,16?,17?,20-,22?,23+,24?,27?;;;/m0.../s1. The Morgan fingerprint density at radius 2 is 1.95 bits per heavy atom. The summed E-state index contributed by atoms with van der Waals surface area (Å²) in [5.41, 5.74) is 2.73. The van der Waals surface area contributed by atoms with Crippen LogP contribution in [0.3, 0.4) is 0 Å². The van der Waals surface area contributed by atoms with Crippen molar-refractivity contribution in [3.05, 3.63) is 59.0 Å². The Morgan fingerprint density at radius 3 is 2.54 bits per heavy atom. The van der Waals surface area contributed by atoms with E-state index in [1.54, 1.807) is 25.3 Å². The molecule has 0 radical (unpaired) electrons. The third kappa shape index (κ3) is 5.25. The number of aromatic nitrogens is 1. The largest absolute Gasteiger partial charge is 0.457 e. The lowest BCUT2D eigenvalue weighted by Crippen LogP contribution is -2.61. The molecule has 39 heavy (non-hydrogen) atoms. The first-order chi connectivity index (χ1) is 17.7. The quantitative estimate of drug-likeness (QED) is 0.382. The van der Waals surface area contributed by atoms with Gasteiger partial charge in [-0.25, -0.2) is 9.59 Å². The lowest BCUT2D eigenvalue weighted by Gasteiger charge is -2.56. The zero-order valence-electron chi connectivity index (χ0n) is 22.1. The number of aromatic amines is 1. The van der Waals surface area contributed by atoms with Crippen LogP contribution < -0.4 is 0 Å². The van der Waals surface area contributed by atoms with E-state index in [0.717, 1.165) is 23.8 Å². The topological polar surface area (TPSA) is 127 Å². The molecule has 3 N–H and O–H groups in total. The first-order valence-electron chi connectivity index (χ1n) is 12.7. The van der Waals surface area contributed by atoms with Crippen molar-refractivity contribution in [3.8, 4) is 0 Å². The monoisotopic (exact) mass is 547 g/mol. The van der Waals surface area contributed by atoms with Gasteiger partial charge < -0.3 is 34.1 Å². The van der Waals surface area contributed by atoms with Crippen LogP contribution in [0.5, 0.6) is 0 Å². The van der Waals surface area contributed by atoms with Crippen molar-refractivity contribution in [2.24, 2.45) is 17.8 Å². The normalized spacial score (nSPS) is 36.6. The molecule has 218 valence electrons. The molecule has 3 heterocycles. The van der Waals surface area contributed by atoms with Crippen molar-refractivity contribution < 1.29 is 38.7 Å². The number of nitrogens with one attached hydrogen (secondary N) is 1. The fraction of sp³-hybridized carbons (Fsp3) is 0.600. The molecule has 1 aromatic rings. The average Bonchev–Trinajstić information content (AvgIpc) is 3.47. The van der Waals surface area contributed by atoms with Crippen molar-refractivity contribution in [1.82, 2.24) is 4.98 Å². The molecular weight excluding hydrogens is 502 g/mol. The molecule has 2 aliphatic heterocycles. The molecule has 1 spiro atoms. The number of aliphatic hydroxyl groups excluding tert-OH is 2. The number of carbonyl (C=O) groups is 2. The van der Waals surface area contributed by atoms with Gasteiger partial charge in [0.2, 0.25) is 0 Å². The SMILES string of the molecule is C.C.CO.CO[C@H]1CC2C=CC3=C4C(OC42/C(C)=C/C(C)C(C(C)O)OC1=O)[C@@H](C)[C@H]3OC(=O)c1ccc[nH]1. The predicted molar refractivity (Wildman–Crippen MR) is 148 cm³/mol. The van der Waals surface area contributed by atoms with Crippen molar-refractivity contribution in [2.75, 3.05) is 14.2 Å². The maximum atomic E-state index is 12.9. The van der Waals surface area contributed by atoms with Crippen LogP contribution in [0.1, 0.15) is 59.5 Å². The molecule has 9 atom stereocenters. The average molecular weight is 548 g/mol. The summed E-state index contributed by atoms with van der Waals surface area (Å²) in [5, 5.41) is 17.3. The minimum atomic E-state index is -0.845. The van der Waals surface area contributed by atoms with E-state index in [-0.39, 0.29) is 38.7 Å². The van der Waals surface area contributed by atoms with E-state index in [4.69, 9.17) is 24.1 Å². The van der Waals surface area contributed by atoms with E-state index in [1.165, 1.54) is 7.11 Å². The summed E-state index contributed by atoms with van der Waals surface area (Å²) in [4.78, 5) is 28.6. The Labute approximate surface area is 231 Å². The second kappa shape index (κ2) is 12.6. The number of rotatable bonds is 4. The summed E-state index contributed by atoms with van der Waals surface area (Å²) in [6.07, 6.45) is 5.18. The third-order valence-corrected chi connectivity index (χ3v) is 8.01. The van der Waals surface area contributed by atoms with Gasteiger partial charge >= 0.3 is 11.9 Å². The first kappa shape index (κ1) is 32.5. The second-order valence-corrected chi connectivity index (χ2v) is 10.2. The molecule has 9 nitrogen and oxygen atoms in total. The lowest BCUT2D eigenvalue weighted by atomic mass is 9.64. The van der Waals surface area contributed by atoms with E-state index in [9.17, 15) is 14.7 Å². The maximum absolute atomic E-state index is 12.9. The molecule has 9 heteroatoms. The zero-order valence-corrected chi connectivity index (χ0v) is 22.1. The minimum Gasteiger partial charge on any atom is -0.457 e. The number of esters is 2. The number of hydrogen-bond acceptors (Lipinski definition) is 8. The van der Waals surface area contributed by atoms with Crippen LogP contribution in [0, 0.1) is 17.8 Å². The van der Waals surface area contributed by atoms with Gasteiger partial charge in [0, 0.05) is 43.7 Å². The molecule has 4 aliphatic rings. The molecule has 1 saturated heterocycles. The van der Waals surface area contributed by atoms with Crippen LogP contribution in [0.2, 0.25) is 0 Å². The van der Waals surface area contributed by atoms with Gasteiger partial charge in [0.1, 0.15) is 23.5 Å². The highest BCUT2D eigenvalue weighted by atomic mass is 16.6. The van der Waals surface area contributed by atoms with E-state index in [0.29, 0.717) is 12.1 Å². The van der Waals surface area contributed by atoms with E-state index in [1.807, 2.05) is 39.0 Å². The van der Waals surface area contributed by atoms with E-state index >= 15 is 0 Å². The van der Waals surface area contributed by atoms with Crippen LogP contribution in [0.15, 0.2) is 53.3 Å². The summed E-state index contributed by atoms with van der Waals surface area (Å²) in [6.45, 7) is 7.60. The molecule has 5 rings (SSSR count). The summed E-state index contributed by atoms with van der Waals surface area (Å²) < 4.78 is 23.9. The number of H-pyrrole nitrogens is 1. The van der Waals surface area contributed by atoms with Gasteiger partial charge in [-0.15, -0.1) is 0 Å². The number of ether oxygens (including phenoxy) is 4. The molecule has 0 amide bonds. The molecule has 0 aromatic carbocycles. The Balaban J connectivity index is 0.00000130.